The second-order valence-corrected chi connectivity index (χ2v) is 5.94. The van der Waals surface area contributed by atoms with Gasteiger partial charge in [-0.25, -0.2) is 4.39 Å². The zero-order valence-electron chi connectivity index (χ0n) is 11.3. The zero-order valence-corrected chi connectivity index (χ0v) is 12.8. The fraction of sp³-hybridized carbons (Fsp3) is 0.111. The molecule has 3 aromatic rings. The number of hydrogen-bond donors (Lipinski definition) is 1. The Morgan fingerprint density at radius 3 is 2.29 bits per heavy atom. The fourth-order valence-electron chi connectivity index (χ4n) is 2.53. The predicted octanol–water partition coefficient (Wildman–Crippen LogP) is 5.02. The predicted molar refractivity (Wildman–Crippen MR) is 86.7 cm³/mol. The second-order valence-electron chi connectivity index (χ2n) is 5.03. The lowest BCUT2D eigenvalue weighted by Crippen LogP contribution is -2.03. The number of hydrogen-bond acceptors (Lipinski definition) is 1. The van der Waals surface area contributed by atoms with Gasteiger partial charge in [0.2, 0.25) is 0 Å². The van der Waals surface area contributed by atoms with Crippen LogP contribution in [-0.4, -0.2) is 5.11 Å². The summed E-state index contributed by atoms with van der Waals surface area (Å²) >= 11 is 3.39. The van der Waals surface area contributed by atoms with Gasteiger partial charge in [0.25, 0.3) is 0 Å². The molecule has 0 aliphatic heterocycles. The summed E-state index contributed by atoms with van der Waals surface area (Å²) in [6.07, 6.45) is -0.153. The molecule has 0 aromatic heterocycles. The van der Waals surface area contributed by atoms with Crippen LogP contribution in [0.1, 0.15) is 17.2 Å². The maximum Gasteiger partial charge on any atom is 0.131 e. The monoisotopic (exact) mass is 344 g/mol. The first kappa shape index (κ1) is 14.2. The molecule has 1 atom stereocenters. The Kier molecular flexibility index (Phi) is 4.04. The molecule has 3 heteroatoms. The molecular formula is C18H14BrFO. The number of rotatable bonds is 3. The smallest absolute Gasteiger partial charge is 0.131 e. The van der Waals surface area contributed by atoms with Crippen molar-refractivity contribution >= 4 is 26.7 Å². The molecule has 0 aliphatic carbocycles. The normalized spacial score (nSPS) is 12.5. The molecule has 0 fully saturated rings. The van der Waals surface area contributed by atoms with Crippen LogP contribution in [0.5, 0.6) is 0 Å². The highest BCUT2D eigenvalue weighted by Crippen LogP contribution is 2.28. The van der Waals surface area contributed by atoms with E-state index in [0.717, 1.165) is 21.0 Å². The highest BCUT2D eigenvalue weighted by atomic mass is 79.9. The third kappa shape index (κ3) is 2.99. The van der Waals surface area contributed by atoms with Crippen LogP contribution in [0.15, 0.2) is 65.1 Å². The first-order valence-corrected chi connectivity index (χ1v) is 7.54. The van der Waals surface area contributed by atoms with E-state index in [1.54, 1.807) is 18.2 Å². The molecule has 0 aliphatic rings. The molecule has 106 valence electrons. The SMILES string of the molecule is OC(Cc1ccc(Br)cc1)c1ccc(F)c2ccccc12. The number of fused-ring (bicyclic) bond motifs is 1. The van der Waals surface area contributed by atoms with Gasteiger partial charge in [-0.1, -0.05) is 58.4 Å². The first-order valence-electron chi connectivity index (χ1n) is 6.75. The van der Waals surface area contributed by atoms with Gasteiger partial charge in [-0.2, -0.15) is 0 Å². The highest BCUT2D eigenvalue weighted by Gasteiger charge is 2.13. The Bertz CT molecular complexity index is 768. The van der Waals surface area contributed by atoms with Crippen molar-refractivity contribution in [2.24, 2.45) is 0 Å². The number of aliphatic hydroxyl groups excluding tert-OH is 1. The van der Waals surface area contributed by atoms with E-state index in [2.05, 4.69) is 15.9 Å². The van der Waals surface area contributed by atoms with Crippen molar-refractivity contribution in [3.63, 3.8) is 0 Å². The first-order chi connectivity index (χ1) is 10.1. The van der Waals surface area contributed by atoms with E-state index in [1.807, 2.05) is 36.4 Å². The average molecular weight is 345 g/mol. The second kappa shape index (κ2) is 5.96. The quantitative estimate of drug-likeness (QED) is 0.707. The van der Waals surface area contributed by atoms with Crippen LogP contribution in [-0.2, 0) is 6.42 Å². The summed E-state index contributed by atoms with van der Waals surface area (Å²) in [5, 5.41) is 11.8. The van der Waals surface area contributed by atoms with Gasteiger partial charge in [0.15, 0.2) is 0 Å². The van der Waals surface area contributed by atoms with E-state index in [-0.39, 0.29) is 5.82 Å². The molecule has 0 saturated carbocycles. The van der Waals surface area contributed by atoms with Crippen molar-refractivity contribution in [2.45, 2.75) is 12.5 Å². The number of aliphatic hydroxyl groups is 1. The largest absolute Gasteiger partial charge is 0.388 e. The fourth-order valence-corrected chi connectivity index (χ4v) is 2.79. The van der Waals surface area contributed by atoms with E-state index < -0.39 is 6.10 Å². The molecule has 3 rings (SSSR count). The maximum atomic E-state index is 13.8. The summed E-state index contributed by atoms with van der Waals surface area (Å²) in [4.78, 5) is 0. The molecule has 1 nitrogen and oxygen atoms in total. The maximum absolute atomic E-state index is 13.8. The van der Waals surface area contributed by atoms with Crippen LogP contribution in [0.4, 0.5) is 4.39 Å². The Morgan fingerprint density at radius 2 is 1.57 bits per heavy atom. The molecule has 3 aromatic carbocycles. The van der Waals surface area contributed by atoms with Crippen LogP contribution in [0, 0.1) is 5.82 Å². The summed E-state index contributed by atoms with van der Waals surface area (Å²) in [6.45, 7) is 0. The molecule has 0 heterocycles. The third-order valence-electron chi connectivity index (χ3n) is 3.61. The van der Waals surface area contributed by atoms with E-state index in [9.17, 15) is 9.50 Å². The summed E-state index contributed by atoms with van der Waals surface area (Å²) in [5.41, 5.74) is 1.80. The number of halogens is 2. The Balaban J connectivity index is 1.96. The molecular weight excluding hydrogens is 331 g/mol. The summed E-state index contributed by atoms with van der Waals surface area (Å²) in [6, 6.07) is 18.2. The van der Waals surface area contributed by atoms with Gasteiger partial charge < -0.3 is 5.11 Å². The summed E-state index contributed by atoms with van der Waals surface area (Å²) < 4.78 is 14.8. The van der Waals surface area contributed by atoms with Crippen molar-refractivity contribution < 1.29 is 9.50 Å². The molecule has 1 unspecified atom stereocenters. The Morgan fingerprint density at radius 1 is 0.905 bits per heavy atom. The standard InChI is InChI=1S/C18H14BrFO/c19-13-7-5-12(6-8-13)11-18(21)16-9-10-17(20)15-4-2-1-3-14(15)16/h1-10,18,21H,11H2. The van der Waals surface area contributed by atoms with Crippen molar-refractivity contribution in [1.29, 1.82) is 0 Å². The van der Waals surface area contributed by atoms with Crippen LogP contribution in [0.2, 0.25) is 0 Å². The molecule has 0 radical (unpaired) electrons. The van der Waals surface area contributed by atoms with Crippen molar-refractivity contribution in [1.82, 2.24) is 0 Å². The van der Waals surface area contributed by atoms with Gasteiger partial charge in [0, 0.05) is 16.3 Å². The van der Waals surface area contributed by atoms with Crippen LogP contribution >= 0.6 is 15.9 Å². The van der Waals surface area contributed by atoms with E-state index >= 15 is 0 Å². The van der Waals surface area contributed by atoms with Crippen LogP contribution in [0.3, 0.4) is 0 Å². The molecule has 21 heavy (non-hydrogen) atoms. The lowest BCUT2D eigenvalue weighted by atomic mass is 9.96. The van der Waals surface area contributed by atoms with Gasteiger partial charge >= 0.3 is 0 Å². The topological polar surface area (TPSA) is 20.2 Å². The zero-order chi connectivity index (χ0) is 14.8. The van der Waals surface area contributed by atoms with Gasteiger partial charge in [-0.05, 0) is 34.7 Å². The summed E-state index contributed by atoms with van der Waals surface area (Å²) in [5.74, 6) is -0.259. The van der Waals surface area contributed by atoms with Gasteiger partial charge in [0.1, 0.15) is 5.82 Å². The third-order valence-corrected chi connectivity index (χ3v) is 4.13. The van der Waals surface area contributed by atoms with Gasteiger partial charge in [-0.15, -0.1) is 0 Å². The van der Waals surface area contributed by atoms with Crippen molar-refractivity contribution in [2.75, 3.05) is 0 Å². The molecule has 0 spiro atoms. The molecule has 0 amide bonds. The van der Waals surface area contributed by atoms with Crippen LogP contribution in [0.25, 0.3) is 10.8 Å². The van der Waals surface area contributed by atoms with E-state index in [4.69, 9.17) is 0 Å². The minimum Gasteiger partial charge on any atom is -0.388 e. The van der Waals surface area contributed by atoms with Crippen LogP contribution < -0.4 is 0 Å². The van der Waals surface area contributed by atoms with Crippen molar-refractivity contribution in [3.8, 4) is 0 Å². The van der Waals surface area contributed by atoms with Gasteiger partial charge in [-0.3, -0.25) is 0 Å². The number of benzene rings is 3. The lowest BCUT2D eigenvalue weighted by Gasteiger charge is -2.14. The van der Waals surface area contributed by atoms with E-state index in [1.165, 1.54) is 6.07 Å². The lowest BCUT2D eigenvalue weighted by molar-refractivity contribution is 0.180. The summed E-state index contributed by atoms with van der Waals surface area (Å²) in [7, 11) is 0. The molecule has 1 N–H and O–H groups in total. The highest BCUT2D eigenvalue weighted by molar-refractivity contribution is 9.10. The Labute approximate surface area is 131 Å². The average Bonchev–Trinajstić information content (AvgIpc) is 2.50. The van der Waals surface area contributed by atoms with E-state index in [0.29, 0.717) is 11.8 Å². The Hall–Kier alpha value is -1.71. The minimum absolute atomic E-state index is 0.259. The minimum atomic E-state index is -0.656. The molecule has 0 bridgehead atoms. The molecule has 0 saturated heterocycles. The van der Waals surface area contributed by atoms with Gasteiger partial charge in [0.05, 0.1) is 6.10 Å². The van der Waals surface area contributed by atoms with Crippen molar-refractivity contribution in [3.05, 3.63) is 82.1 Å².